The fourth-order valence-corrected chi connectivity index (χ4v) is 7.57. The minimum atomic E-state index is -0.799. The van der Waals surface area contributed by atoms with Crippen molar-refractivity contribution in [3.8, 4) is 0 Å². The predicted molar refractivity (Wildman–Crippen MR) is 268 cm³/mol. The van der Waals surface area contributed by atoms with Gasteiger partial charge in [-0.3, -0.25) is 9.59 Å². The van der Waals surface area contributed by atoms with Gasteiger partial charge in [-0.25, -0.2) is 0 Å². The van der Waals surface area contributed by atoms with E-state index in [4.69, 9.17) is 4.74 Å². The van der Waals surface area contributed by atoms with Crippen LogP contribution in [0.2, 0.25) is 0 Å². The van der Waals surface area contributed by atoms with Crippen LogP contribution in [-0.4, -0.2) is 46.9 Å². The van der Waals surface area contributed by atoms with Crippen LogP contribution in [0.1, 0.15) is 245 Å². The largest absolute Gasteiger partial charge is 0.462 e. The van der Waals surface area contributed by atoms with Crippen LogP contribution in [0.25, 0.3) is 0 Å². The molecule has 6 nitrogen and oxygen atoms in total. The first-order chi connectivity index (χ1) is 30.5. The molecule has 0 aromatic rings. The summed E-state index contributed by atoms with van der Waals surface area (Å²) in [4.78, 5) is 26.1. The summed E-state index contributed by atoms with van der Waals surface area (Å²) in [7, 11) is 0. The number of hydrogen-bond donors (Lipinski definition) is 3. The van der Waals surface area contributed by atoms with Gasteiger partial charge in [-0.15, -0.1) is 0 Å². The molecule has 1 amide bonds. The average Bonchev–Trinajstić information content (AvgIpc) is 3.26. The van der Waals surface area contributed by atoms with Gasteiger partial charge in [0.15, 0.2) is 0 Å². The quantitative estimate of drug-likeness (QED) is 0.0322. The van der Waals surface area contributed by atoms with E-state index in [1.54, 1.807) is 0 Å². The minimum Gasteiger partial charge on any atom is -0.462 e. The molecule has 3 N–H and O–H groups in total. The average molecular weight is 866 g/mol. The van der Waals surface area contributed by atoms with Crippen molar-refractivity contribution < 1.29 is 24.5 Å². The van der Waals surface area contributed by atoms with Gasteiger partial charge in [-0.05, 0) is 96.3 Å². The molecule has 0 saturated carbocycles. The van der Waals surface area contributed by atoms with E-state index in [0.29, 0.717) is 19.3 Å². The molecule has 358 valence electrons. The monoisotopic (exact) mass is 866 g/mol. The van der Waals surface area contributed by atoms with E-state index in [1.807, 2.05) is 0 Å². The number of hydrogen-bond acceptors (Lipinski definition) is 5. The molecule has 0 bridgehead atoms. The van der Waals surface area contributed by atoms with Crippen molar-refractivity contribution in [2.45, 2.75) is 264 Å². The molecule has 0 aromatic heterocycles. The van der Waals surface area contributed by atoms with Gasteiger partial charge in [0.25, 0.3) is 0 Å². The highest BCUT2D eigenvalue weighted by atomic mass is 16.5. The van der Waals surface area contributed by atoms with Crippen LogP contribution in [0, 0.1) is 0 Å². The Balaban J connectivity index is 4.62. The number of allylic oxidation sites excluding steroid dienone is 12. The third kappa shape index (κ3) is 43.9. The summed E-state index contributed by atoms with van der Waals surface area (Å²) in [6, 6.07) is -0.715. The third-order valence-corrected chi connectivity index (χ3v) is 11.5. The van der Waals surface area contributed by atoms with E-state index >= 15 is 0 Å². The van der Waals surface area contributed by atoms with Gasteiger partial charge in [0.05, 0.1) is 25.2 Å². The Kier molecular flexibility index (Phi) is 47.2. The number of nitrogens with one attached hydrogen (secondary N) is 1. The Morgan fingerprint density at radius 1 is 0.484 bits per heavy atom. The summed E-state index contributed by atoms with van der Waals surface area (Å²) < 4.78 is 5.91. The van der Waals surface area contributed by atoms with Crippen molar-refractivity contribution in [3.05, 3.63) is 72.9 Å². The first-order valence-corrected chi connectivity index (χ1v) is 26.2. The van der Waals surface area contributed by atoms with E-state index < -0.39 is 18.2 Å². The molecule has 62 heavy (non-hydrogen) atoms. The molecule has 0 aromatic carbocycles. The maximum Gasteiger partial charge on any atom is 0.306 e. The standard InChI is InChI=1S/C56H99NO5/c1-4-7-10-13-16-19-22-25-26-27-28-29-30-31-34-37-40-43-46-49-56(61)62-52(47-44-41-38-35-32-23-20-17-14-11-8-5-2)50-55(60)57-53(51-58)54(59)48-45-42-39-36-33-24-21-18-15-12-9-6-3/h8,11,16-17,19-20,25-26,28-29,31,34,52-54,58-59H,4-7,9-10,12-15,18,21-24,27,30,32-33,35-51H2,1-3H3,(H,57,60)/b11-8+,19-16-,20-17+,26-25-,29-28-,34-31-. The molecular weight excluding hydrogens is 767 g/mol. The Hall–Kier alpha value is -2.70. The number of rotatable bonds is 46. The van der Waals surface area contributed by atoms with Crippen molar-refractivity contribution in [2.75, 3.05) is 6.61 Å². The number of esters is 1. The second-order valence-electron chi connectivity index (χ2n) is 17.5. The molecule has 0 aliphatic heterocycles. The highest BCUT2D eigenvalue weighted by molar-refractivity contribution is 5.77. The molecular formula is C56H99NO5. The zero-order valence-corrected chi connectivity index (χ0v) is 40.7. The topological polar surface area (TPSA) is 95.9 Å². The molecule has 0 spiro atoms. The molecule has 0 aliphatic rings. The second-order valence-corrected chi connectivity index (χ2v) is 17.5. The number of aliphatic hydroxyl groups excluding tert-OH is 2. The van der Waals surface area contributed by atoms with E-state index in [0.717, 1.165) is 109 Å². The van der Waals surface area contributed by atoms with Crippen LogP contribution >= 0.6 is 0 Å². The van der Waals surface area contributed by atoms with Gasteiger partial charge in [-0.2, -0.15) is 0 Å². The van der Waals surface area contributed by atoms with Gasteiger partial charge in [-0.1, -0.05) is 209 Å². The van der Waals surface area contributed by atoms with Crippen LogP contribution in [-0.2, 0) is 14.3 Å². The van der Waals surface area contributed by atoms with E-state index in [2.05, 4.69) is 99.0 Å². The maximum atomic E-state index is 13.2. The molecule has 3 atom stereocenters. The van der Waals surface area contributed by atoms with Gasteiger partial charge in [0.1, 0.15) is 6.10 Å². The number of aliphatic hydroxyl groups is 2. The summed E-state index contributed by atoms with van der Waals surface area (Å²) in [6.07, 6.45) is 62.5. The van der Waals surface area contributed by atoms with Crippen molar-refractivity contribution in [2.24, 2.45) is 0 Å². The molecule has 3 unspecified atom stereocenters. The Morgan fingerprint density at radius 2 is 0.871 bits per heavy atom. The van der Waals surface area contributed by atoms with Crippen molar-refractivity contribution in [1.29, 1.82) is 0 Å². The van der Waals surface area contributed by atoms with Crippen molar-refractivity contribution >= 4 is 11.9 Å². The summed E-state index contributed by atoms with van der Waals surface area (Å²) in [5, 5.41) is 23.7. The SMILES string of the molecule is CC/C=C/C/C=C/CCCCCCCC(CC(=O)NC(CO)C(O)CCCCCCCCCCCCCC)OC(=O)CCCCC/C=C\C/C=C\C/C=C\C/C=C\CCCCC. The third-order valence-electron chi connectivity index (χ3n) is 11.5. The summed E-state index contributed by atoms with van der Waals surface area (Å²) >= 11 is 0. The minimum absolute atomic E-state index is 0.0525. The number of unbranched alkanes of at least 4 members (excludes halogenated alkanes) is 22. The second kappa shape index (κ2) is 49.3. The van der Waals surface area contributed by atoms with Crippen LogP contribution < -0.4 is 5.32 Å². The zero-order chi connectivity index (χ0) is 45.2. The fourth-order valence-electron chi connectivity index (χ4n) is 7.57. The fraction of sp³-hybridized carbons (Fsp3) is 0.750. The first-order valence-electron chi connectivity index (χ1n) is 26.2. The van der Waals surface area contributed by atoms with Gasteiger partial charge in [0, 0.05) is 6.42 Å². The summed E-state index contributed by atoms with van der Waals surface area (Å²) in [5.41, 5.74) is 0. The molecule has 0 radical (unpaired) electrons. The lowest BCUT2D eigenvalue weighted by atomic mass is 10.0. The molecule has 0 heterocycles. The lowest BCUT2D eigenvalue weighted by Crippen LogP contribution is -2.46. The highest BCUT2D eigenvalue weighted by Crippen LogP contribution is 2.17. The Labute approximate surface area is 383 Å². The first kappa shape index (κ1) is 59.3. The zero-order valence-electron chi connectivity index (χ0n) is 40.7. The van der Waals surface area contributed by atoms with Crippen molar-refractivity contribution in [1.82, 2.24) is 5.32 Å². The lowest BCUT2D eigenvalue weighted by molar-refractivity contribution is -0.151. The van der Waals surface area contributed by atoms with E-state index in [9.17, 15) is 19.8 Å². The lowest BCUT2D eigenvalue weighted by Gasteiger charge is -2.24. The van der Waals surface area contributed by atoms with Crippen LogP contribution in [0.3, 0.4) is 0 Å². The molecule has 6 heteroatoms. The van der Waals surface area contributed by atoms with Gasteiger partial charge < -0.3 is 20.3 Å². The number of carbonyl (C=O) groups is 2. The Morgan fingerprint density at radius 3 is 1.35 bits per heavy atom. The normalized spacial score (nSPS) is 13.8. The molecule has 0 rings (SSSR count). The Bertz CT molecular complexity index is 1150. The van der Waals surface area contributed by atoms with E-state index in [1.165, 1.54) is 89.9 Å². The highest BCUT2D eigenvalue weighted by Gasteiger charge is 2.24. The number of ether oxygens (including phenoxy) is 1. The molecule has 0 fully saturated rings. The number of carbonyl (C=O) groups excluding carboxylic acids is 2. The van der Waals surface area contributed by atoms with E-state index in [-0.39, 0.29) is 24.9 Å². The number of amides is 1. The van der Waals surface area contributed by atoms with Crippen LogP contribution in [0.4, 0.5) is 0 Å². The maximum absolute atomic E-state index is 13.2. The summed E-state index contributed by atoms with van der Waals surface area (Å²) in [5.74, 6) is -0.526. The predicted octanol–water partition coefficient (Wildman–Crippen LogP) is 15.8. The molecule has 0 aliphatic carbocycles. The molecule has 0 saturated heterocycles. The summed E-state index contributed by atoms with van der Waals surface area (Å²) in [6.45, 7) is 6.33. The van der Waals surface area contributed by atoms with Crippen molar-refractivity contribution in [3.63, 3.8) is 0 Å². The van der Waals surface area contributed by atoms with Crippen LogP contribution in [0.5, 0.6) is 0 Å². The smallest absolute Gasteiger partial charge is 0.306 e. The van der Waals surface area contributed by atoms with Crippen LogP contribution in [0.15, 0.2) is 72.9 Å². The van der Waals surface area contributed by atoms with Gasteiger partial charge >= 0.3 is 5.97 Å². The van der Waals surface area contributed by atoms with Gasteiger partial charge in [0.2, 0.25) is 5.91 Å².